The lowest BCUT2D eigenvalue weighted by molar-refractivity contribution is 0.310. The lowest BCUT2D eigenvalue weighted by Crippen LogP contribution is -2.16. The maximum atomic E-state index is 13.6. The molecule has 0 fully saturated rings. The van der Waals surface area contributed by atoms with Gasteiger partial charge in [-0.1, -0.05) is 118 Å². The molecule has 0 aliphatic rings. The van der Waals surface area contributed by atoms with E-state index in [0.717, 1.165) is 89.0 Å². The summed E-state index contributed by atoms with van der Waals surface area (Å²) in [6.45, 7) is 11.3. The van der Waals surface area contributed by atoms with Crippen LogP contribution in [0.2, 0.25) is 0 Å². The quantitative estimate of drug-likeness (QED) is 0.0898. The van der Waals surface area contributed by atoms with Gasteiger partial charge in [0.2, 0.25) is 0 Å². The van der Waals surface area contributed by atoms with E-state index < -0.39 is 10.1 Å². The molecule has 222 valence electrons. The van der Waals surface area contributed by atoms with Gasteiger partial charge in [-0.2, -0.15) is 8.42 Å². The normalized spacial score (nSPS) is 11.9. The Bertz CT molecular complexity index is 829. The van der Waals surface area contributed by atoms with Crippen LogP contribution >= 0.6 is 0 Å². The van der Waals surface area contributed by atoms with Crippen molar-refractivity contribution >= 4 is 10.1 Å². The van der Waals surface area contributed by atoms with Crippen LogP contribution in [-0.2, 0) is 40.0 Å². The van der Waals surface area contributed by atoms with Crippen LogP contribution in [0, 0.1) is 0 Å². The minimum absolute atomic E-state index is 0.280. The molecule has 38 heavy (non-hydrogen) atoms. The highest BCUT2D eigenvalue weighted by Gasteiger charge is 2.25. The molecule has 1 aromatic rings. The van der Waals surface area contributed by atoms with Crippen LogP contribution in [0.4, 0.5) is 0 Å². The summed E-state index contributed by atoms with van der Waals surface area (Å²) < 4.78 is 32.7. The van der Waals surface area contributed by atoms with Crippen molar-refractivity contribution in [3.05, 3.63) is 28.3 Å². The third-order valence-corrected chi connectivity index (χ3v) is 9.25. The van der Waals surface area contributed by atoms with E-state index in [2.05, 4.69) is 34.6 Å². The van der Waals surface area contributed by atoms with E-state index in [-0.39, 0.29) is 6.61 Å². The Morgan fingerprint density at radius 2 is 0.947 bits per heavy atom. The van der Waals surface area contributed by atoms with Gasteiger partial charge in [0.1, 0.15) is 0 Å². The summed E-state index contributed by atoms with van der Waals surface area (Å²) in [4.78, 5) is 0.488. The van der Waals surface area contributed by atoms with Crippen molar-refractivity contribution in [2.24, 2.45) is 0 Å². The molecule has 3 nitrogen and oxygen atoms in total. The lowest BCUT2D eigenvalue weighted by Gasteiger charge is -2.23. The maximum absolute atomic E-state index is 13.6. The highest BCUT2D eigenvalue weighted by atomic mass is 32.2. The average molecular weight is 551 g/mol. The topological polar surface area (TPSA) is 43.4 Å². The summed E-state index contributed by atoms with van der Waals surface area (Å²) in [5.41, 5.74) is 5.16. The van der Waals surface area contributed by atoms with Crippen molar-refractivity contribution in [1.82, 2.24) is 0 Å². The third-order valence-electron chi connectivity index (χ3n) is 7.87. The molecule has 0 saturated heterocycles. The molecule has 0 radical (unpaired) electrons. The number of benzene rings is 1. The SMILES string of the molecule is CCCCCCCCCCCCc1c(S(=O)(=O)OCCCC)cc(CCCC)c(CCCC)c1CCCC. The second kappa shape index (κ2) is 21.9. The summed E-state index contributed by atoms with van der Waals surface area (Å²) >= 11 is 0. The second-order valence-electron chi connectivity index (χ2n) is 11.3. The number of aryl methyl sites for hydroxylation is 1. The minimum Gasteiger partial charge on any atom is -0.266 e. The summed E-state index contributed by atoms with van der Waals surface area (Å²) in [6, 6.07) is 2.03. The van der Waals surface area contributed by atoms with E-state index in [9.17, 15) is 8.42 Å². The van der Waals surface area contributed by atoms with E-state index >= 15 is 0 Å². The molecule has 0 amide bonds. The molecule has 0 N–H and O–H groups in total. The van der Waals surface area contributed by atoms with E-state index in [4.69, 9.17) is 4.18 Å². The largest absolute Gasteiger partial charge is 0.297 e. The fraction of sp³-hybridized carbons (Fsp3) is 0.824. The first-order chi connectivity index (χ1) is 18.5. The van der Waals surface area contributed by atoms with Crippen molar-refractivity contribution in [3.63, 3.8) is 0 Å². The van der Waals surface area contributed by atoms with E-state index in [1.807, 2.05) is 6.07 Å². The minimum atomic E-state index is -3.76. The van der Waals surface area contributed by atoms with Gasteiger partial charge in [-0.05, 0) is 86.1 Å². The molecule has 0 saturated carbocycles. The van der Waals surface area contributed by atoms with Crippen LogP contribution in [0.3, 0.4) is 0 Å². The van der Waals surface area contributed by atoms with Crippen LogP contribution in [-0.4, -0.2) is 15.0 Å². The molecule has 0 aromatic heterocycles. The van der Waals surface area contributed by atoms with Crippen molar-refractivity contribution < 1.29 is 12.6 Å². The monoisotopic (exact) mass is 550 g/mol. The van der Waals surface area contributed by atoms with Gasteiger partial charge < -0.3 is 0 Å². The fourth-order valence-corrected chi connectivity index (χ4v) is 6.71. The Hall–Kier alpha value is -0.870. The van der Waals surface area contributed by atoms with Gasteiger partial charge >= 0.3 is 0 Å². The zero-order valence-electron chi connectivity index (χ0n) is 26.0. The van der Waals surface area contributed by atoms with Gasteiger partial charge in [-0.25, -0.2) is 0 Å². The standard InChI is InChI=1S/C34H62O3S/c1-6-11-16-17-18-19-20-21-22-23-27-33-32(26-14-9-4)31(25-13-8-3)30(24-12-7-2)29-34(33)38(35,36)37-28-15-10-5/h29H,6-28H2,1-5H3. The van der Waals surface area contributed by atoms with Crippen LogP contribution < -0.4 is 0 Å². The molecule has 0 spiro atoms. The van der Waals surface area contributed by atoms with Gasteiger partial charge in [0.25, 0.3) is 10.1 Å². The Morgan fingerprint density at radius 1 is 0.500 bits per heavy atom. The molecule has 4 heteroatoms. The molecule has 1 aromatic carbocycles. The van der Waals surface area contributed by atoms with Crippen LogP contribution in [0.5, 0.6) is 0 Å². The summed E-state index contributed by atoms with van der Waals surface area (Å²) in [6.07, 6.45) is 25.3. The van der Waals surface area contributed by atoms with E-state index in [0.29, 0.717) is 4.90 Å². The van der Waals surface area contributed by atoms with Gasteiger partial charge in [0.05, 0.1) is 11.5 Å². The number of hydrogen-bond acceptors (Lipinski definition) is 3. The average Bonchev–Trinajstić information content (AvgIpc) is 2.91. The number of unbranched alkanes of at least 4 members (excludes halogenated alkanes) is 13. The van der Waals surface area contributed by atoms with E-state index in [1.54, 1.807) is 0 Å². The smallest absolute Gasteiger partial charge is 0.266 e. The predicted molar refractivity (Wildman–Crippen MR) is 166 cm³/mol. The second-order valence-corrected chi connectivity index (χ2v) is 12.9. The van der Waals surface area contributed by atoms with Gasteiger partial charge in [0, 0.05) is 0 Å². The van der Waals surface area contributed by atoms with Crippen LogP contribution in [0.25, 0.3) is 0 Å². The Kier molecular flexibility index (Phi) is 20.3. The zero-order chi connectivity index (χ0) is 28.1. The molecular formula is C34H62O3S. The van der Waals surface area contributed by atoms with Crippen molar-refractivity contribution in [2.75, 3.05) is 6.61 Å². The first-order valence-corrected chi connectivity index (χ1v) is 17.9. The summed E-state index contributed by atoms with van der Waals surface area (Å²) in [5.74, 6) is 0. The van der Waals surface area contributed by atoms with Gasteiger partial charge in [-0.3, -0.25) is 4.18 Å². The Labute approximate surface area is 238 Å². The van der Waals surface area contributed by atoms with Crippen LogP contribution in [0.15, 0.2) is 11.0 Å². The molecule has 0 aliphatic carbocycles. The molecule has 0 aliphatic heterocycles. The van der Waals surface area contributed by atoms with Gasteiger partial charge in [0.15, 0.2) is 0 Å². The van der Waals surface area contributed by atoms with E-state index in [1.165, 1.54) is 74.5 Å². The molecule has 1 rings (SSSR count). The first kappa shape index (κ1) is 35.2. The van der Waals surface area contributed by atoms with Crippen molar-refractivity contribution in [2.45, 2.75) is 181 Å². The van der Waals surface area contributed by atoms with Crippen molar-refractivity contribution in [1.29, 1.82) is 0 Å². The molecular weight excluding hydrogens is 488 g/mol. The summed E-state index contributed by atoms with van der Waals surface area (Å²) in [5, 5.41) is 0. The maximum Gasteiger partial charge on any atom is 0.297 e. The molecule has 0 unspecified atom stereocenters. The molecule has 0 bridgehead atoms. The third kappa shape index (κ3) is 13.5. The molecule has 0 atom stereocenters. The highest BCUT2D eigenvalue weighted by molar-refractivity contribution is 7.86. The molecule has 0 heterocycles. The van der Waals surface area contributed by atoms with Crippen LogP contribution in [0.1, 0.15) is 172 Å². The Morgan fingerprint density at radius 3 is 1.50 bits per heavy atom. The highest BCUT2D eigenvalue weighted by Crippen LogP contribution is 2.33. The first-order valence-electron chi connectivity index (χ1n) is 16.5. The predicted octanol–water partition coefficient (Wildman–Crippen LogP) is 10.7. The van der Waals surface area contributed by atoms with Gasteiger partial charge in [-0.15, -0.1) is 0 Å². The Balaban J connectivity index is 3.22. The van der Waals surface area contributed by atoms with Crippen molar-refractivity contribution in [3.8, 4) is 0 Å². The number of hydrogen-bond donors (Lipinski definition) is 0. The lowest BCUT2D eigenvalue weighted by atomic mass is 9.86. The summed E-state index contributed by atoms with van der Waals surface area (Å²) in [7, 11) is -3.76. The fourth-order valence-electron chi connectivity index (χ4n) is 5.43. The zero-order valence-corrected chi connectivity index (χ0v) is 26.8. The number of rotatable bonds is 25.